The van der Waals surface area contributed by atoms with Crippen molar-refractivity contribution in [3.8, 4) is 0 Å². The molecule has 2 heterocycles. The van der Waals surface area contributed by atoms with Gasteiger partial charge in [-0.25, -0.2) is 4.68 Å². The molecule has 1 aliphatic heterocycles. The third kappa shape index (κ3) is 3.67. The molecule has 0 spiro atoms. The van der Waals surface area contributed by atoms with Gasteiger partial charge >= 0.3 is 0 Å². The maximum Gasteiger partial charge on any atom is 0.245 e. The Labute approximate surface area is 128 Å². The molecule has 1 aromatic carbocycles. The maximum atomic E-state index is 12.5. The van der Waals surface area contributed by atoms with Crippen molar-refractivity contribution in [1.82, 2.24) is 25.5 Å². The first kappa shape index (κ1) is 14.6. The Kier molecular flexibility index (Phi) is 4.75. The molecule has 0 bridgehead atoms. The third-order valence-electron chi connectivity index (χ3n) is 3.79. The van der Waals surface area contributed by atoms with Gasteiger partial charge < -0.3 is 10.1 Å². The number of rotatable bonds is 6. The Bertz CT molecular complexity index is 581. The zero-order chi connectivity index (χ0) is 15.2. The van der Waals surface area contributed by atoms with Gasteiger partial charge in [0.05, 0.1) is 6.10 Å². The summed E-state index contributed by atoms with van der Waals surface area (Å²) in [7, 11) is 0. The van der Waals surface area contributed by atoms with Crippen LogP contribution in [0.15, 0.2) is 36.7 Å². The molecular formula is C15H19N5O2. The minimum atomic E-state index is -0.459. The molecule has 1 amide bonds. The molecule has 0 aliphatic carbocycles. The molecular weight excluding hydrogens is 282 g/mol. The normalized spacial score (nSPS) is 19.0. The van der Waals surface area contributed by atoms with Crippen LogP contribution in [0.4, 0.5) is 0 Å². The van der Waals surface area contributed by atoms with E-state index in [0.717, 1.165) is 25.0 Å². The highest BCUT2D eigenvalue weighted by Gasteiger charge is 2.24. The van der Waals surface area contributed by atoms with Gasteiger partial charge in [-0.1, -0.05) is 30.3 Å². The van der Waals surface area contributed by atoms with Crippen molar-refractivity contribution in [2.45, 2.75) is 31.4 Å². The second kappa shape index (κ2) is 7.13. The number of carbonyl (C=O) groups is 1. The number of amides is 1. The summed E-state index contributed by atoms with van der Waals surface area (Å²) in [5.74, 6) is -0.0911. The molecule has 3 rings (SSSR count). The van der Waals surface area contributed by atoms with Gasteiger partial charge in [0.1, 0.15) is 12.4 Å². The van der Waals surface area contributed by atoms with Gasteiger partial charge in [0.2, 0.25) is 5.91 Å². The van der Waals surface area contributed by atoms with Gasteiger partial charge in [0.15, 0.2) is 0 Å². The van der Waals surface area contributed by atoms with Crippen molar-refractivity contribution in [3.05, 3.63) is 42.2 Å². The van der Waals surface area contributed by atoms with Gasteiger partial charge in [-0.05, 0) is 28.8 Å². The molecule has 1 aliphatic rings. The summed E-state index contributed by atoms with van der Waals surface area (Å²) in [6, 6.07) is 9.38. The quantitative estimate of drug-likeness (QED) is 0.851. The second-order valence-electron chi connectivity index (χ2n) is 5.38. The lowest BCUT2D eigenvalue weighted by atomic mass is 10.1. The van der Waals surface area contributed by atoms with E-state index < -0.39 is 6.04 Å². The Hall–Kier alpha value is -2.28. The molecule has 7 nitrogen and oxygen atoms in total. The van der Waals surface area contributed by atoms with E-state index in [2.05, 4.69) is 20.8 Å². The van der Waals surface area contributed by atoms with Crippen molar-refractivity contribution in [2.24, 2.45) is 0 Å². The van der Waals surface area contributed by atoms with Gasteiger partial charge in [-0.3, -0.25) is 4.79 Å². The average molecular weight is 301 g/mol. The first-order chi connectivity index (χ1) is 10.8. The summed E-state index contributed by atoms with van der Waals surface area (Å²) in [4.78, 5) is 12.5. The second-order valence-corrected chi connectivity index (χ2v) is 5.38. The smallest absolute Gasteiger partial charge is 0.245 e. The molecule has 1 N–H and O–H groups in total. The molecule has 22 heavy (non-hydrogen) atoms. The third-order valence-corrected chi connectivity index (χ3v) is 3.79. The van der Waals surface area contributed by atoms with E-state index >= 15 is 0 Å². The van der Waals surface area contributed by atoms with Crippen LogP contribution in [0.5, 0.6) is 0 Å². The lowest BCUT2D eigenvalue weighted by Crippen LogP contribution is -2.38. The zero-order valence-corrected chi connectivity index (χ0v) is 12.3. The highest BCUT2D eigenvalue weighted by atomic mass is 16.5. The molecule has 0 radical (unpaired) electrons. The van der Waals surface area contributed by atoms with Crippen LogP contribution in [0.1, 0.15) is 24.4 Å². The fraction of sp³-hybridized carbons (Fsp3) is 0.467. The number of hydrogen-bond acceptors (Lipinski definition) is 5. The van der Waals surface area contributed by atoms with E-state index in [1.165, 1.54) is 11.0 Å². The van der Waals surface area contributed by atoms with Gasteiger partial charge in [-0.15, -0.1) is 5.10 Å². The molecule has 2 atom stereocenters. The Morgan fingerprint density at radius 2 is 2.27 bits per heavy atom. The highest BCUT2D eigenvalue weighted by Crippen LogP contribution is 2.14. The number of carbonyl (C=O) groups excluding carboxylic acids is 1. The van der Waals surface area contributed by atoms with Crippen LogP contribution >= 0.6 is 0 Å². The maximum absolute atomic E-state index is 12.5. The minimum absolute atomic E-state index is 0.0911. The number of hydrogen-bond donors (Lipinski definition) is 1. The van der Waals surface area contributed by atoms with Crippen LogP contribution in [0.3, 0.4) is 0 Å². The van der Waals surface area contributed by atoms with Crippen molar-refractivity contribution >= 4 is 5.91 Å². The summed E-state index contributed by atoms with van der Waals surface area (Å²) in [5.41, 5.74) is 1.07. The van der Waals surface area contributed by atoms with E-state index in [4.69, 9.17) is 4.74 Å². The number of nitrogens with zero attached hydrogens (tertiary/aromatic N) is 4. The molecule has 1 saturated heterocycles. The number of aromatic nitrogens is 4. The first-order valence-electron chi connectivity index (χ1n) is 7.48. The molecule has 1 aromatic heterocycles. The van der Waals surface area contributed by atoms with Gasteiger partial charge in [-0.2, -0.15) is 0 Å². The van der Waals surface area contributed by atoms with Crippen LogP contribution in [0.25, 0.3) is 0 Å². The fourth-order valence-electron chi connectivity index (χ4n) is 2.59. The Morgan fingerprint density at radius 3 is 2.95 bits per heavy atom. The summed E-state index contributed by atoms with van der Waals surface area (Å²) < 4.78 is 7.03. The molecule has 2 aromatic rings. The molecule has 1 fully saturated rings. The fourth-order valence-corrected chi connectivity index (χ4v) is 2.59. The lowest BCUT2D eigenvalue weighted by molar-refractivity contribution is -0.125. The molecule has 0 saturated carbocycles. The SMILES string of the molecule is O=C(NC[C@@H]1CCCO1)[C@@H](Cc1ccccc1)n1cnnn1. The van der Waals surface area contributed by atoms with Crippen LogP contribution < -0.4 is 5.32 Å². The van der Waals surface area contributed by atoms with Gasteiger partial charge in [0.25, 0.3) is 0 Å². The summed E-state index contributed by atoms with van der Waals surface area (Å²) >= 11 is 0. The average Bonchev–Trinajstić information content (AvgIpc) is 3.24. The van der Waals surface area contributed by atoms with E-state index in [-0.39, 0.29) is 12.0 Å². The van der Waals surface area contributed by atoms with Crippen LogP contribution in [0, 0.1) is 0 Å². The minimum Gasteiger partial charge on any atom is -0.376 e. The van der Waals surface area contributed by atoms with Crippen LogP contribution in [0.2, 0.25) is 0 Å². The Morgan fingerprint density at radius 1 is 1.41 bits per heavy atom. The van der Waals surface area contributed by atoms with Crippen molar-refractivity contribution in [1.29, 1.82) is 0 Å². The van der Waals surface area contributed by atoms with Crippen LogP contribution in [-0.4, -0.2) is 45.4 Å². The van der Waals surface area contributed by atoms with E-state index in [9.17, 15) is 4.79 Å². The number of ether oxygens (including phenoxy) is 1. The van der Waals surface area contributed by atoms with Crippen LogP contribution in [-0.2, 0) is 16.0 Å². The summed E-state index contributed by atoms with van der Waals surface area (Å²) in [6.45, 7) is 1.31. The standard InChI is InChI=1S/C15H19N5O2/c21-15(16-10-13-7-4-8-22-13)14(20-11-17-18-19-20)9-12-5-2-1-3-6-12/h1-3,5-6,11,13-14H,4,7-10H2,(H,16,21)/t13-,14+/m0/s1. The number of nitrogens with one attached hydrogen (secondary N) is 1. The predicted molar refractivity (Wildman–Crippen MR) is 79.0 cm³/mol. The largest absolute Gasteiger partial charge is 0.376 e. The highest BCUT2D eigenvalue weighted by molar-refractivity contribution is 5.80. The molecule has 7 heteroatoms. The monoisotopic (exact) mass is 301 g/mol. The molecule has 0 unspecified atom stereocenters. The number of benzene rings is 1. The van der Waals surface area contributed by atoms with Gasteiger partial charge in [0, 0.05) is 19.6 Å². The lowest BCUT2D eigenvalue weighted by Gasteiger charge is -2.18. The van der Waals surface area contributed by atoms with Crippen molar-refractivity contribution in [3.63, 3.8) is 0 Å². The summed E-state index contributed by atoms with van der Waals surface area (Å²) in [5, 5.41) is 14.1. The van der Waals surface area contributed by atoms with E-state index in [1.54, 1.807) is 0 Å². The summed E-state index contributed by atoms with van der Waals surface area (Å²) in [6.07, 6.45) is 4.19. The number of tetrazole rings is 1. The first-order valence-corrected chi connectivity index (χ1v) is 7.48. The van der Waals surface area contributed by atoms with E-state index in [0.29, 0.717) is 13.0 Å². The zero-order valence-electron chi connectivity index (χ0n) is 12.3. The predicted octanol–water partition coefficient (Wildman–Crippen LogP) is 0.752. The Balaban J connectivity index is 1.66. The topological polar surface area (TPSA) is 81.9 Å². The van der Waals surface area contributed by atoms with E-state index in [1.807, 2.05) is 30.3 Å². The van der Waals surface area contributed by atoms with Crippen molar-refractivity contribution in [2.75, 3.05) is 13.2 Å². The van der Waals surface area contributed by atoms with Crippen molar-refractivity contribution < 1.29 is 9.53 Å². The molecule has 116 valence electrons.